The lowest BCUT2D eigenvalue weighted by atomic mass is 10.0. The summed E-state index contributed by atoms with van der Waals surface area (Å²) in [5.41, 5.74) is 1.35. The van der Waals surface area contributed by atoms with E-state index in [4.69, 9.17) is 51.1 Å². The van der Waals surface area contributed by atoms with Crippen LogP contribution in [-0.4, -0.2) is 15.9 Å². The Balaban J connectivity index is 1.87. The van der Waals surface area contributed by atoms with Crippen molar-refractivity contribution in [1.82, 2.24) is 9.78 Å². The number of aromatic nitrogens is 2. The third-order valence-electron chi connectivity index (χ3n) is 3.60. The number of nitrogens with one attached hydrogen (secondary N) is 1. The number of aryl methyl sites for hydroxylation is 1. The molecule has 2 aromatic carbocycles. The fourth-order valence-corrected chi connectivity index (χ4v) is 3.31. The minimum absolute atomic E-state index is 0.212. The van der Waals surface area contributed by atoms with Crippen LogP contribution in [0.3, 0.4) is 0 Å². The van der Waals surface area contributed by atoms with Crippen molar-refractivity contribution in [3.05, 3.63) is 64.4 Å². The van der Waals surface area contributed by atoms with E-state index < -0.39 is 16.4 Å². The fraction of sp³-hybridized carbons (Fsp3) is 0.111. The van der Waals surface area contributed by atoms with Crippen molar-refractivity contribution in [3.63, 3.8) is 0 Å². The van der Waals surface area contributed by atoms with E-state index in [2.05, 4.69) is 10.4 Å². The summed E-state index contributed by atoms with van der Waals surface area (Å²) in [6, 6.07) is 12.0. The molecule has 0 unspecified atom stereocenters. The summed E-state index contributed by atoms with van der Waals surface area (Å²) in [7, 11) is 1.51. The van der Waals surface area contributed by atoms with E-state index in [0.29, 0.717) is 26.9 Å². The van der Waals surface area contributed by atoms with Gasteiger partial charge in [-0.15, -0.1) is 0 Å². The maximum Gasteiger partial charge on any atom is 0.417 e. The highest BCUT2D eigenvalue weighted by Gasteiger charge is 2.34. The Morgan fingerprint density at radius 3 is 2.46 bits per heavy atom. The smallest absolute Gasteiger partial charge is 0.406 e. The summed E-state index contributed by atoms with van der Waals surface area (Å²) in [5, 5.41) is 7.26. The number of amides is 1. The van der Waals surface area contributed by atoms with Crippen LogP contribution in [0.5, 0.6) is 5.75 Å². The molecular weight excluding hydrogens is 451 g/mol. The number of para-hydroxylation sites is 1. The number of rotatable bonds is 4. The minimum Gasteiger partial charge on any atom is -0.406 e. The number of benzene rings is 2. The van der Waals surface area contributed by atoms with Crippen LogP contribution in [0.2, 0.25) is 10.0 Å². The molecule has 0 radical (unpaired) electrons. The van der Waals surface area contributed by atoms with E-state index in [1.165, 1.54) is 17.9 Å². The van der Waals surface area contributed by atoms with Crippen molar-refractivity contribution >= 4 is 58.2 Å². The molecule has 3 aromatic rings. The van der Waals surface area contributed by atoms with Crippen molar-refractivity contribution < 1.29 is 13.9 Å². The summed E-state index contributed by atoms with van der Waals surface area (Å²) < 4.78 is 17.4. The van der Waals surface area contributed by atoms with Crippen LogP contribution in [0.25, 0.3) is 11.1 Å². The van der Waals surface area contributed by atoms with Gasteiger partial charge < -0.3 is 4.74 Å². The SMILES string of the molecule is Cn1cc(OC(=O)Nc2ccccc2-c2cc(Cl)cc(Cl)c2)c(C(F)(Cl)Cl)n1. The molecule has 0 fully saturated rings. The number of ether oxygens (including phenoxy) is 1. The summed E-state index contributed by atoms with van der Waals surface area (Å²) in [6.07, 6.45) is 0.392. The highest BCUT2D eigenvalue weighted by molar-refractivity contribution is 6.46. The Morgan fingerprint density at radius 1 is 1.18 bits per heavy atom. The van der Waals surface area contributed by atoms with Crippen LogP contribution >= 0.6 is 46.4 Å². The number of halogens is 5. The second-order valence-corrected chi connectivity index (χ2v) is 7.84. The summed E-state index contributed by atoms with van der Waals surface area (Å²) in [6.45, 7) is 0. The lowest BCUT2D eigenvalue weighted by molar-refractivity contribution is 0.214. The summed E-state index contributed by atoms with van der Waals surface area (Å²) in [5.74, 6) is -0.212. The van der Waals surface area contributed by atoms with E-state index in [0.717, 1.165) is 0 Å². The maximum atomic E-state index is 13.9. The van der Waals surface area contributed by atoms with Crippen LogP contribution in [0, 0.1) is 0 Å². The van der Waals surface area contributed by atoms with Crippen molar-refractivity contribution in [2.45, 2.75) is 4.59 Å². The lowest BCUT2D eigenvalue weighted by Gasteiger charge is -2.13. The molecule has 1 amide bonds. The van der Waals surface area contributed by atoms with Gasteiger partial charge in [0.25, 0.3) is 0 Å². The molecule has 0 aliphatic heterocycles. The fourth-order valence-electron chi connectivity index (χ4n) is 2.53. The average molecular weight is 463 g/mol. The van der Waals surface area contributed by atoms with Crippen LogP contribution in [0.15, 0.2) is 48.7 Å². The molecule has 1 heterocycles. The standard InChI is InChI=1S/C18H12Cl4FN3O2/c1-26-9-15(16(25-26)18(21,22)23)28-17(27)24-14-5-3-2-4-13(14)10-6-11(19)8-12(20)7-10/h2-9H,1H3,(H,24,27). The highest BCUT2D eigenvalue weighted by atomic mass is 35.5. The van der Waals surface area contributed by atoms with E-state index in [9.17, 15) is 9.18 Å². The second-order valence-electron chi connectivity index (χ2n) is 5.73. The molecule has 0 atom stereocenters. The second kappa shape index (κ2) is 8.17. The number of hydrogen-bond donors (Lipinski definition) is 1. The lowest BCUT2D eigenvalue weighted by Crippen LogP contribution is -2.18. The summed E-state index contributed by atoms with van der Waals surface area (Å²) in [4.78, 5) is 12.4. The van der Waals surface area contributed by atoms with Crippen molar-refractivity contribution in [3.8, 4) is 16.9 Å². The van der Waals surface area contributed by atoms with E-state index >= 15 is 0 Å². The molecule has 1 aromatic heterocycles. The molecule has 10 heteroatoms. The third kappa shape index (κ3) is 4.89. The zero-order chi connectivity index (χ0) is 20.5. The Bertz CT molecular complexity index is 1010. The first-order chi connectivity index (χ1) is 13.1. The van der Waals surface area contributed by atoms with Gasteiger partial charge in [0, 0.05) is 22.7 Å². The zero-order valence-electron chi connectivity index (χ0n) is 14.2. The Kier molecular flexibility index (Phi) is 6.05. The number of nitrogens with zero attached hydrogens (tertiary/aromatic N) is 2. The van der Waals surface area contributed by atoms with Gasteiger partial charge in [-0.2, -0.15) is 5.10 Å². The van der Waals surface area contributed by atoms with Crippen molar-refractivity contribution in [1.29, 1.82) is 0 Å². The topological polar surface area (TPSA) is 56.1 Å². The largest absolute Gasteiger partial charge is 0.417 e. The zero-order valence-corrected chi connectivity index (χ0v) is 17.2. The minimum atomic E-state index is -2.81. The molecule has 146 valence electrons. The van der Waals surface area contributed by atoms with Gasteiger partial charge in [0.2, 0.25) is 0 Å². The van der Waals surface area contributed by atoms with Crippen molar-refractivity contribution in [2.75, 3.05) is 5.32 Å². The van der Waals surface area contributed by atoms with Crippen LogP contribution < -0.4 is 10.1 Å². The van der Waals surface area contributed by atoms with Gasteiger partial charge in [0.15, 0.2) is 11.4 Å². The van der Waals surface area contributed by atoms with E-state index in [1.54, 1.807) is 42.5 Å². The summed E-state index contributed by atoms with van der Waals surface area (Å²) >= 11 is 23.0. The predicted molar refractivity (Wildman–Crippen MR) is 109 cm³/mol. The Labute approximate surface area is 179 Å². The molecule has 1 N–H and O–H groups in total. The van der Waals surface area contributed by atoms with Crippen LogP contribution in [0.1, 0.15) is 5.69 Å². The highest BCUT2D eigenvalue weighted by Crippen LogP contribution is 2.39. The van der Waals surface area contributed by atoms with E-state index in [-0.39, 0.29) is 5.75 Å². The first-order valence-electron chi connectivity index (χ1n) is 7.78. The molecule has 28 heavy (non-hydrogen) atoms. The quantitative estimate of drug-likeness (QED) is 0.446. The van der Waals surface area contributed by atoms with E-state index in [1.807, 2.05) is 0 Å². The van der Waals surface area contributed by atoms with Gasteiger partial charge in [0.05, 0.1) is 11.9 Å². The monoisotopic (exact) mass is 461 g/mol. The maximum absolute atomic E-state index is 13.9. The van der Waals surface area contributed by atoms with Gasteiger partial charge in [-0.05, 0) is 29.8 Å². The average Bonchev–Trinajstić information content (AvgIpc) is 2.95. The normalized spacial score (nSPS) is 11.4. The number of carbonyl (C=O) groups is 1. The first kappa shape index (κ1) is 20.7. The molecule has 0 aliphatic rings. The molecule has 0 bridgehead atoms. The van der Waals surface area contributed by atoms with Gasteiger partial charge >= 0.3 is 10.7 Å². The van der Waals surface area contributed by atoms with Gasteiger partial charge in [-0.3, -0.25) is 10.00 Å². The number of anilines is 1. The number of hydrogen-bond acceptors (Lipinski definition) is 3. The molecule has 0 spiro atoms. The van der Waals surface area contributed by atoms with Gasteiger partial charge in [0.1, 0.15) is 0 Å². The number of alkyl halides is 3. The predicted octanol–water partition coefficient (Wildman–Crippen LogP) is 6.56. The van der Waals surface area contributed by atoms with Gasteiger partial charge in [-0.1, -0.05) is 64.6 Å². The van der Waals surface area contributed by atoms with Crippen LogP contribution in [-0.2, 0) is 11.6 Å². The molecule has 0 saturated carbocycles. The molecule has 0 aliphatic carbocycles. The molecule has 5 nitrogen and oxygen atoms in total. The van der Waals surface area contributed by atoms with Gasteiger partial charge in [-0.25, -0.2) is 9.18 Å². The molecular formula is C18H12Cl4FN3O2. The third-order valence-corrected chi connectivity index (χ3v) is 4.40. The Morgan fingerprint density at radius 2 is 1.82 bits per heavy atom. The van der Waals surface area contributed by atoms with Crippen molar-refractivity contribution in [2.24, 2.45) is 7.05 Å². The molecule has 0 saturated heterocycles. The Hall–Kier alpha value is -1.99. The molecule has 3 rings (SSSR count). The van der Waals surface area contributed by atoms with Crippen LogP contribution in [0.4, 0.5) is 14.9 Å². The number of carbonyl (C=O) groups excluding carboxylic acids is 1. The first-order valence-corrected chi connectivity index (χ1v) is 9.30.